The van der Waals surface area contributed by atoms with Crippen molar-refractivity contribution in [1.82, 2.24) is 4.90 Å². The maximum atomic E-state index is 5.32. The van der Waals surface area contributed by atoms with Crippen molar-refractivity contribution in [2.45, 2.75) is 45.4 Å². The van der Waals surface area contributed by atoms with Gasteiger partial charge in [-0.25, -0.2) is 0 Å². The number of hydrogen-bond donors (Lipinski definition) is 0. The van der Waals surface area contributed by atoms with Crippen LogP contribution in [0.1, 0.15) is 27.2 Å². The first-order valence-corrected chi connectivity index (χ1v) is 4.43. The molecule has 2 nitrogen and oxygen atoms in total. The van der Waals surface area contributed by atoms with Gasteiger partial charge in [-0.15, -0.1) is 0 Å². The van der Waals surface area contributed by atoms with Crippen LogP contribution in [0.15, 0.2) is 0 Å². The third-order valence-electron chi connectivity index (χ3n) is 2.58. The predicted molar refractivity (Wildman–Crippen MR) is 46.7 cm³/mol. The highest BCUT2D eigenvalue weighted by atomic mass is 16.5. The molecule has 0 unspecified atom stereocenters. The van der Waals surface area contributed by atoms with Gasteiger partial charge in [0.25, 0.3) is 0 Å². The van der Waals surface area contributed by atoms with E-state index in [4.69, 9.17) is 4.74 Å². The summed E-state index contributed by atoms with van der Waals surface area (Å²) in [6, 6.07) is 1.35. The first-order valence-electron chi connectivity index (χ1n) is 4.43. The molecule has 0 aliphatic carbocycles. The lowest BCUT2D eigenvalue weighted by Crippen LogP contribution is -2.34. The molecule has 0 aromatic rings. The van der Waals surface area contributed by atoms with Gasteiger partial charge < -0.3 is 4.74 Å². The lowest BCUT2D eigenvalue weighted by Gasteiger charge is -2.24. The molecule has 66 valence electrons. The topological polar surface area (TPSA) is 12.5 Å². The standard InChI is InChI=1S/C9H19NO/c1-7(2)10-6-9(11-4)5-8(10)3/h7-9H,5-6H2,1-4H3/t8-,9+/m1/s1. The van der Waals surface area contributed by atoms with Crippen molar-refractivity contribution >= 4 is 0 Å². The molecule has 11 heavy (non-hydrogen) atoms. The Kier molecular flexibility index (Phi) is 2.90. The van der Waals surface area contributed by atoms with Crippen molar-refractivity contribution < 1.29 is 4.74 Å². The second kappa shape index (κ2) is 3.55. The van der Waals surface area contributed by atoms with Crippen molar-refractivity contribution in [3.63, 3.8) is 0 Å². The normalized spacial score (nSPS) is 33.5. The fraction of sp³-hybridized carbons (Fsp3) is 1.00. The van der Waals surface area contributed by atoms with E-state index >= 15 is 0 Å². The quantitative estimate of drug-likeness (QED) is 0.602. The van der Waals surface area contributed by atoms with Gasteiger partial charge in [0, 0.05) is 25.7 Å². The molecule has 0 aromatic heterocycles. The number of likely N-dealkylation sites (tertiary alicyclic amines) is 1. The first-order chi connectivity index (χ1) is 5.15. The molecule has 1 aliphatic rings. The number of nitrogens with zero attached hydrogens (tertiary/aromatic N) is 1. The summed E-state index contributed by atoms with van der Waals surface area (Å²) in [6.45, 7) is 7.87. The highest BCUT2D eigenvalue weighted by Gasteiger charge is 2.30. The molecule has 0 saturated carbocycles. The Labute approximate surface area is 69.5 Å². The fourth-order valence-corrected chi connectivity index (χ4v) is 1.90. The summed E-state index contributed by atoms with van der Waals surface area (Å²) < 4.78 is 5.32. The fourth-order valence-electron chi connectivity index (χ4n) is 1.90. The van der Waals surface area contributed by atoms with E-state index in [1.807, 2.05) is 0 Å². The Morgan fingerprint density at radius 1 is 1.45 bits per heavy atom. The largest absolute Gasteiger partial charge is 0.380 e. The SMILES string of the molecule is CO[C@H]1C[C@@H](C)N(C(C)C)C1. The van der Waals surface area contributed by atoms with Gasteiger partial charge in [-0.2, -0.15) is 0 Å². The third-order valence-corrected chi connectivity index (χ3v) is 2.58. The summed E-state index contributed by atoms with van der Waals surface area (Å²) in [6.07, 6.45) is 1.65. The number of rotatable bonds is 2. The van der Waals surface area contributed by atoms with Crippen LogP contribution < -0.4 is 0 Å². The number of hydrogen-bond acceptors (Lipinski definition) is 2. The smallest absolute Gasteiger partial charge is 0.0713 e. The predicted octanol–water partition coefficient (Wildman–Crippen LogP) is 1.50. The van der Waals surface area contributed by atoms with Crippen molar-refractivity contribution in [2.75, 3.05) is 13.7 Å². The van der Waals surface area contributed by atoms with Gasteiger partial charge in [0.15, 0.2) is 0 Å². The number of methoxy groups -OCH3 is 1. The van der Waals surface area contributed by atoms with Crippen molar-refractivity contribution in [3.8, 4) is 0 Å². The van der Waals surface area contributed by atoms with Crippen LogP contribution in [0.2, 0.25) is 0 Å². The van der Waals surface area contributed by atoms with E-state index in [9.17, 15) is 0 Å². The zero-order valence-corrected chi connectivity index (χ0v) is 8.00. The van der Waals surface area contributed by atoms with Crippen LogP contribution >= 0.6 is 0 Å². The molecule has 1 fully saturated rings. The lowest BCUT2D eigenvalue weighted by molar-refractivity contribution is 0.103. The van der Waals surface area contributed by atoms with E-state index < -0.39 is 0 Å². The Morgan fingerprint density at radius 3 is 2.36 bits per heavy atom. The summed E-state index contributed by atoms with van der Waals surface area (Å²) in [5, 5.41) is 0. The molecule has 0 bridgehead atoms. The van der Waals surface area contributed by atoms with Crippen molar-refractivity contribution in [2.24, 2.45) is 0 Å². The van der Waals surface area contributed by atoms with Crippen LogP contribution in [0.3, 0.4) is 0 Å². The second-order valence-electron chi connectivity index (χ2n) is 3.73. The van der Waals surface area contributed by atoms with Crippen molar-refractivity contribution in [3.05, 3.63) is 0 Å². The Morgan fingerprint density at radius 2 is 2.09 bits per heavy atom. The van der Waals surface area contributed by atoms with Crippen LogP contribution in [-0.2, 0) is 4.74 Å². The van der Waals surface area contributed by atoms with Crippen LogP contribution in [0.4, 0.5) is 0 Å². The van der Waals surface area contributed by atoms with Gasteiger partial charge >= 0.3 is 0 Å². The van der Waals surface area contributed by atoms with E-state index in [1.54, 1.807) is 7.11 Å². The summed E-state index contributed by atoms with van der Waals surface area (Å²) in [4.78, 5) is 2.49. The van der Waals surface area contributed by atoms with Gasteiger partial charge in [-0.3, -0.25) is 4.90 Å². The van der Waals surface area contributed by atoms with Crippen LogP contribution in [0, 0.1) is 0 Å². The van der Waals surface area contributed by atoms with E-state index in [0.29, 0.717) is 18.2 Å². The van der Waals surface area contributed by atoms with E-state index in [0.717, 1.165) is 6.54 Å². The van der Waals surface area contributed by atoms with E-state index in [1.165, 1.54) is 6.42 Å². The Hall–Kier alpha value is -0.0800. The van der Waals surface area contributed by atoms with Gasteiger partial charge in [-0.1, -0.05) is 0 Å². The minimum absolute atomic E-state index is 0.465. The molecule has 2 atom stereocenters. The van der Waals surface area contributed by atoms with Crippen LogP contribution in [0.5, 0.6) is 0 Å². The lowest BCUT2D eigenvalue weighted by atomic mass is 10.2. The number of ether oxygens (including phenoxy) is 1. The molecular weight excluding hydrogens is 138 g/mol. The van der Waals surface area contributed by atoms with E-state index in [2.05, 4.69) is 25.7 Å². The Bertz CT molecular complexity index is 125. The molecule has 1 rings (SSSR count). The first kappa shape index (κ1) is 9.01. The highest BCUT2D eigenvalue weighted by molar-refractivity contribution is 4.84. The third kappa shape index (κ3) is 1.94. The summed E-state index contributed by atoms with van der Waals surface area (Å²) in [5.41, 5.74) is 0. The molecule has 1 heterocycles. The van der Waals surface area contributed by atoms with Crippen LogP contribution in [0.25, 0.3) is 0 Å². The zero-order chi connectivity index (χ0) is 8.43. The molecule has 0 amide bonds. The minimum atomic E-state index is 0.465. The van der Waals surface area contributed by atoms with Gasteiger partial charge in [0.1, 0.15) is 0 Å². The van der Waals surface area contributed by atoms with Gasteiger partial charge in [0.05, 0.1) is 6.10 Å². The second-order valence-corrected chi connectivity index (χ2v) is 3.73. The maximum Gasteiger partial charge on any atom is 0.0713 e. The molecule has 0 spiro atoms. The average molecular weight is 157 g/mol. The summed E-state index contributed by atoms with van der Waals surface area (Å²) in [7, 11) is 1.81. The van der Waals surface area contributed by atoms with Gasteiger partial charge in [-0.05, 0) is 27.2 Å². The maximum absolute atomic E-state index is 5.32. The van der Waals surface area contributed by atoms with Crippen molar-refractivity contribution in [1.29, 1.82) is 0 Å². The summed E-state index contributed by atoms with van der Waals surface area (Å²) in [5.74, 6) is 0. The molecular formula is C9H19NO. The minimum Gasteiger partial charge on any atom is -0.380 e. The average Bonchev–Trinajstić information content (AvgIpc) is 2.30. The monoisotopic (exact) mass is 157 g/mol. The molecule has 1 aliphatic heterocycles. The zero-order valence-electron chi connectivity index (χ0n) is 8.00. The van der Waals surface area contributed by atoms with Crippen LogP contribution in [-0.4, -0.2) is 36.7 Å². The molecule has 0 N–H and O–H groups in total. The van der Waals surface area contributed by atoms with E-state index in [-0.39, 0.29) is 0 Å². The Balaban J connectivity index is 2.45. The highest BCUT2D eigenvalue weighted by Crippen LogP contribution is 2.21. The summed E-state index contributed by atoms with van der Waals surface area (Å²) >= 11 is 0. The molecule has 2 heteroatoms. The molecule has 0 radical (unpaired) electrons. The van der Waals surface area contributed by atoms with Gasteiger partial charge in [0.2, 0.25) is 0 Å². The molecule has 1 saturated heterocycles. The molecule has 0 aromatic carbocycles.